The third-order valence-corrected chi connectivity index (χ3v) is 2.39. The van der Waals surface area contributed by atoms with Crippen molar-refractivity contribution in [3.8, 4) is 0 Å². The van der Waals surface area contributed by atoms with E-state index < -0.39 is 0 Å². The molecule has 0 radical (unpaired) electrons. The van der Waals surface area contributed by atoms with Crippen molar-refractivity contribution in [3.63, 3.8) is 0 Å². The highest BCUT2D eigenvalue weighted by atomic mass is 16.6. The van der Waals surface area contributed by atoms with Gasteiger partial charge in [-0.15, -0.1) is 0 Å². The Balaban J connectivity index is 1.74. The second-order valence-corrected chi connectivity index (χ2v) is 3.78. The lowest BCUT2D eigenvalue weighted by Gasteiger charge is -2.07. The van der Waals surface area contributed by atoms with E-state index in [-0.39, 0.29) is 5.60 Å². The molecule has 0 aliphatic carbocycles. The Bertz CT molecular complexity index is 267. The second-order valence-electron chi connectivity index (χ2n) is 3.78. The van der Waals surface area contributed by atoms with E-state index in [9.17, 15) is 0 Å². The minimum atomic E-state index is 0.168. The van der Waals surface area contributed by atoms with Crippen LogP contribution in [0.15, 0.2) is 30.3 Å². The number of rotatable bonds is 4. The number of nitrogens with one attached hydrogen (secondary N) is 1. The molecular formula is C11H15NO. The van der Waals surface area contributed by atoms with Crippen molar-refractivity contribution in [2.45, 2.75) is 18.9 Å². The van der Waals surface area contributed by atoms with E-state index in [1.807, 2.05) is 18.2 Å². The molecule has 1 aromatic rings. The van der Waals surface area contributed by atoms with Crippen molar-refractivity contribution < 1.29 is 4.74 Å². The summed E-state index contributed by atoms with van der Waals surface area (Å²) >= 11 is 0. The van der Waals surface area contributed by atoms with Gasteiger partial charge in [0.2, 0.25) is 0 Å². The van der Waals surface area contributed by atoms with E-state index in [1.54, 1.807) is 0 Å². The van der Waals surface area contributed by atoms with E-state index in [0.717, 1.165) is 19.6 Å². The number of hydrogen-bond donors (Lipinski definition) is 1. The molecule has 0 saturated carbocycles. The maximum Gasteiger partial charge on any atom is 0.0905 e. The summed E-state index contributed by atoms with van der Waals surface area (Å²) in [5.74, 6) is 0. The van der Waals surface area contributed by atoms with Crippen molar-refractivity contribution in [2.24, 2.45) is 0 Å². The molecular weight excluding hydrogens is 162 g/mol. The first-order chi connectivity index (χ1) is 6.29. The van der Waals surface area contributed by atoms with Crippen LogP contribution in [0.5, 0.6) is 0 Å². The van der Waals surface area contributed by atoms with Crippen LogP contribution in [0.2, 0.25) is 0 Å². The molecule has 0 aromatic heterocycles. The number of benzene rings is 1. The van der Waals surface area contributed by atoms with Crippen molar-refractivity contribution >= 4 is 5.69 Å². The molecule has 1 fully saturated rings. The maximum atomic E-state index is 5.29. The monoisotopic (exact) mass is 177 g/mol. The lowest BCUT2D eigenvalue weighted by Crippen LogP contribution is -2.12. The number of anilines is 1. The van der Waals surface area contributed by atoms with Gasteiger partial charge in [0.25, 0.3) is 0 Å². The predicted molar refractivity (Wildman–Crippen MR) is 53.9 cm³/mol. The Morgan fingerprint density at radius 2 is 2.08 bits per heavy atom. The third-order valence-electron chi connectivity index (χ3n) is 2.39. The van der Waals surface area contributed by atoms with Gasteiger partial charge in [-0.2, -0.15) is 0 Å². The highest BCUT2D eigenvalue weighted by Gasteiger charge is 2.38. The molecule has 1 aliphatic rings. The van der Waals surface area contributed by atoms with Crippen molar-refractivity contribution in [3.05, 3.63) is 30.3 Å². The topological polar surface area (TPSA) is 24.6 Å². The van der Waals surface area contributed by atoms with Gasteiger partial charge in [0.15, 0.2) is 0 Å². The van der Waals surface area contributed by atoms with Gasteiger partial charge in [0.05, 0.1) is 12.2 Å². The minimum Gasteiger partial charge on any atom is -0.385 e. The summed E-state index contributed by atoms with van der Waals surface area (Å²) in [7, 11) is 0. The molecule has 1 aromatic carbocycles. The van der Waals surface area contributed by atoms with Crippen LogP contribution in [0.4, 0.5) is 5.69 Å². The second kappa shape index (κ2) is 3.38. The zero-order chi connectivity index (χ0) is 9.15. The first-order valence-electron chi connectivity index (χ1n) is 4.71. The number of para-hydroxylation sites is 1. The van der Waals surface area contributed by atoms with E-state index in [0.29, 0.717) is 0 Å². The van der Waals surface area contributed by atoms with Crippen LogP contribution in [0.3, 0.4) is 0 Å². The molecule has 0 amide bonds. The van der Waals surface area contributed by atoms with Crippen LogP contribution in [0.25, 0.3) is 0 Å². The normalized spacial score (nSPS) is 25.6. The summed E-state index contributed by atoms with van der Waals surface area (Å²) in [4.78, 5) is 0. The molecule has 13 heavy (non-hydrogen) atoms. The molecule has 70 valence electrons. The minimum absolute atomic E-state index is 0.168. The molecule has 1 unspecified atom stereocenters. The van der Waals surface area contributed by atoms with E-state index in [2.05, 4.69) is 24.4 Å². The lowest BCUT2D eigenvalue weighted by molar-refractivity contribution is 0.314. The van der Waals surface area contributed by atoms with E-state index >= 15 is 0 Å². The molecule has 1 saturated heterocycles. The maximum absolute atomic E-state index is 5.29. The summed E-state index contributed by atoms with van der Waals surface area (Å²) in [6.07, 6.45) is 1.09. The van der Waals surface area contributed by atoms with Gasteiger partial charge in [-0.3, -0.25) is 0 Å². The van der Waals surface area contributed by atoms with Crippen LogP contribution in [-0.2, 0) is 4.74 Å². The average Bonchev–Trinajstić information content (AvgIpc) is 2.86. The van der Waals surface area contributed by atoms with Gasteiger partial charge in [0.1, 0.15) is 0 Å². The summed E-state index contributed by atoms with van der Waals surface area (Å²) in [5, 5.41) is 3.36. The molecule has 1 N–H and O–H groups in total. The fraction of sp³-hybridized carbons (Fsp3) is 0.455. The van der Waals surface area contributed by atoms with Crippen LogP contribution < -0.4 is 5.32 Å². The fourth-order valence-electron chi connectivity index (χ4n) is 1.29. The Morgan fingerprint density at radius 3 is 2.69 bits per heavy atom. The number of ether oxygens (including phenoxy) is 1. The van der Waals surface area contributed by atoms with Crippen molar-refractivity contribution in [2.75, 3.05) is 18.5 Å². The molecule has 0 bridgehead atoms. The first kappa shape index (κ1) is 8.57. The van der Waals surface area contributed by atoms with Crippen LogP contribution in [-0.4, -0.2) is 18.8 Å². The number of epoxide rings is 1. The SMILES string of the molecule is CC1(CCNc2ccccc2)CO1. The summed E-state index contributed by atoms with van der Waals surface area (Å²) in [6, 6.07) is 10.3. The van der Waals surface area contributed by atoms with Crippen LogP contribution in [0.1, 0.15) is 13.3 Å². The lowest BCUT2D eigenvalue weighted by atomic mass is 10.1. The fourth-order valence-corrected chi connectivity index (χ4v) is 1.29. The Morgan fingerprint density at radius 1 is 1.38 bits per heavy atom. The van der Waals surface area contributed by atoms with Crippen LogP contribution in [0, 0.1) is 0 Å². The Kier molecular flexibility index (Phi) is 2.23. The summed E-state index contributed by atoms with van der Waals surface area (Å²) in [6.45, 7) is 4.06. The highest BCUT2D eigenvalue weighted by Crippen LogP contribution is 2.29. The zero-order valence-corrected chi connectivity index (χ0v) is 7.92. The third kappa shape index (κ3) is 2.46. The summed E-state index contributed by atoms with van der Waals surface area (Å²) in [5.41, 5.74) is 1.36. The molecule has 2 rings (SSSR count). The molecule has 1 aliphatic heterocycles. The number of hydrogen-bond acceptors (Lipinski definition) is 2. The first-order valence-corrected chi connectivity index (χ1v) is 4.71. The average molecular weight is 177 g/mol. The predicted octanol–water partition coefficient (Wildman–Crippen LogP) is 2.28. The van der Waals surface area contributed by atoms with Gasteiger partial charge in [-0.1, -0.05) is 18.2 Å². The Hall–Kier alpha value is -1.02. The largest absolute Gasteiger partial charge is 0.385 e. The molecule has 1 heterocycles. The van der Waals surface area contributed by atoms with Gasteiger partial charge in [-0.25, -0.2) is 0 Å². The van der Waals surface area contributed by atoms with Gasteiger partial charge >= 0.3 is 0 Å². The molecule has 2 nitrogen and oxygen atoms in total. The molecule has 1 atom stereocenters. The van der Waals surface area contributed by atoms with Crippen LogP contribution >= 0.6 is 0 Å². The van der Waals surface area contributed by atoms with E-state index in [4.69, 9.17) is 4.74 Å². The van der Waals surface area contributed by atoms with Crippen molar-refractivity contribution in [1.29, 1.82) is 0 Å². The van der Waals surface area contributed by atoms with Gasteiger partial charge in [0, 0.05) is 12.2 Å². The molecule has 2 heteroatoms. The zero-order valence-electron chi connectivity index (χ0n) is 7.92. The van der Waals surface area contributed by atoms with Crippen molar-refractivity contribution in [1.82, 2.24) is 0 Å². The van der Waals surface area contributed by atoms with Gasteiger partial charge < -0.3 is 10.1 Å². The highest BCUT2D eigenvalue weighted by molar-refractivity contribution is 5.42. The smallest absolute Gasteiger partial charge is 0.0905 e. The molecule has 0 spiro atoms. The summed E-state index contributed by atoms with van der Waals surface area (Å²) < 4.78 is 5.29. The quantitative estimate of drug-likeness (QED) is 0.713. The standard InChI is InChI=1S/C11H15NO/c1-11(9-13-11)7-8-12-10-5-3-2-4-6-10/h2-6,12H,7-9H2,1H3. The Labute approximate surface area is 78.9 Å². The van der Waals surface area contributed by atoms with Gasteiger partial charge in [-0.05, 0) is 25.5 Å². The van der Waals surface area contributed by atoms with E-state index in [1.165, 1.54) is 5.69 Å².